The molecule has 0 heterocycles. The van der Waals surface area contributed by atoms with E-state index in [9.17, 15) is 4.79 Å². The Labute approximate surface area is 127 Å². The van der Waals surface area contributed by atoms with Crippen molar-refractivity contribution in [3.05, 3.63) is 35.4 Å². The van der Waals surface area contributed by atoms with E-state index in [4.69, 9.17) is 11.6 Å². The Balaban J connectivity index is 2.20. The van der Waals surface area contributed by atoms with E-state index in [1.807, 2.05) is 24.3 Å². The number of nitrogens with zero attached hydrogens (tertiary/aromatic N) is 1. The molecule has 0 aromatic heterocycles. The normalized spacial score (nSPS) is 15.8. The molecule has 1 saturated carbocycles. The van der Waals surface area contributed by atoms with Gasteiger partial charge < -0.3 is 4.90 Å². The van der Waals surface area contributed by atoms with Crippen LogP contribution in [-0.2, 0) is 5.88 Å². The van der Waals surface area contributed by atoms with E-state index >= 15 is 0 Å². The van der Waals surface area contributed by atoms with Gasteiger partial charge in [0.1, 0.15) is 0 Å². The van der Waals surface area contributed by atoms with Crippen LogP contribution in [0.15, 0.2) is 24.3 Å². The maximum absolute atomic E-state index is 12.8. The number of benzene rings is 1. The average molecular weight is 294 g/mol. The van der Waals surface area contributed by atoms with E-state index in [0.29, 0.717) is 17.8 Å². The summed E-state index contributed by atoms with van der Waals surface area (Å²) < 4.78 is 0. The van der Waals surface area contributed by atoms with Gasteiger partial charge in [-0.2, -0.15) is 0 Å². The zero-order valence-electron chi connectivity index (χ0n) is 12.4. The Bertz CT molecular complexity index is 452. The summed E-state index contributed by atoms with van der Waals surface area (Å²) in [5, 5.41) is 0. The summed E-state index contributed by atoms with van der Waals surface area (Å²) in [6.45, 7) is 5.18. The highest BCUT2D eigenvalue weighted by Gasteiger charge is 2.27. The fourth-order valence-corrected chi connectivity index (χ4v) is 3.13. The van der Waals surface area contributed by atoms with Gasteiger partial charge in [0, 0.05) is 24.0 Å². The molecule has 1 amide bonds. The number of amides is 1. The van der Waals surface area contributed by atoms with E-state index in [2.05, 4.69) is 18.7 Å². The second-order valence-electron chi connectivity index (χ2n) is 6.12. The Hall–Kier alpha value is -1.02. The van der Waals surface area contributed by atoms with Crippen LogP contribution in [0.3, 0.4) is 0 Å². The summed E-state index contributed by atoms with van der Waals surface area (Å²) in [5.41, 5.74) is 1.78. The molecule has 0 atom stereocenters. The lowest BCUT2D eigenvalue weighted by atomic mass is 10.1. The zero-order chi connectivity index (χ0) is 14.5. The molecule has 1 aliphatic rings. The molecule has 3 heteroatoms. The van der Waals surface area contributed by atoms with Gasteiger partial charge in [-0.15, -0.1) is 11.6 Å². The van der Waals surface area contributed by atoms with Crippen molar-refractivity contribution in [1.82, 2.24) is 4.90 Å². The predicted molar refractivity (Wildman–Crippen MR) is 84.1 cm³/mol. The van der Waals surface area contributed by atoms with Crippen molar-refractivity contribution in [3.63, 3.8) is 0 Å². The van der Waals surface area contributed by atoms with Crippen LogP contribution in [0.5, 0.6) is 0 Å². The summed E-state index contributed by atoms with van der Waals surface area (Å²) in [7, 11) is 0. The third-order valence-corrected chi connectivity index (χ3v) is 4.23. The number of alkyl halides is 1. The molecule has 1 fully saturated rings. The largest absolute Gasteiger partial charge is 0.335 e. The van der Waals surface area contributed by atoms with Gasteiger partial charge in [0.25, 0.3) is 5.91 Å². The molecule has 0 unspecified atom stereocenters. The quantitative estimate of drug-likeness (QED) is 0.734. The Morgan fingerprint density at radius 3 is 2.65 bits per heavy atom. The molecule has 0 radical (unpaired) electrons. The lowest BCUT2D eigenvalue weighted by molar-refractivity contribution is 0.0655. The van der Waals surface area contributed by atoms with Crippen LogP contribution in [0.2, 0.25) is 0 Å². The molecule has 2 nitrogen and oxygen atoms in total. The second kappa shape index (κ2) is 7.12. The standard InChI is InChI=1S/C17H24ClNO/c1-13(2)12-19(16-8-3-4-9-16)17(20)15-7-5-6-14(10-15)11-18/h5-7,10,13,16H,3-4,8-9,11-12H2,1-2H3. The smallest absolute Gasteiger partial charge is 0.254 e. The first-order valence-electron chi connectivity index (χ1n) is 7.57. The minimum Gasteiger partial charge on any atom is -0.335 e. The highest BCUT2D eigenvalue weighted by atomic mass is 35.5. The van der Waals surface area contributed by atoms with E-state index in [1.165, 1.54) is 12.8 Å². The molecule has 0 N–H and O–H groups in total. The Morgan fingerprint density at radius 1 is 1.35 bits per heavy atom. The minimum absolute atomic E-state index is 0.164. The highest BCUT2D eigenvalue weighted by molar-refractivity contribution is 6.17. The van der Waals surface area contributed by atoms with Crippen LogP contribution >= 0.6 is 11.6 Å². The average Bonchev–Trinajstić information content (AvgIpc) is 2.98. The summed E-state index contributed by atoms with van der Waals surface area (Å²) in [6.07, 6.45) is 4.78. The van der Waals surface area contributed by atoms with Crippen LogP contribution < -0.4 is 0 Å². The van der Waals surface area contributed by atoms with E-state index in [1.54, 1.807) is 0 Å². The number of halogens is 1. The van der Waals surface area contributed by atoms with Gasteiger partial charge >= 0.3 is 0 Å². The molecule has 0 saturated heterocycles. The van der Waals surface area contributed by atoms with Gasteiger partial charge in [0.2, 0.25) is 0 Å². The molecule has 0 aliphatic heterocycles. The Morgan fingerprint density at radius 2 is 2.05 bits per heavy atom. The van der Waals surface area contributed by atoms with Crippen molar-refractivity contribution in [2.24, 2.45) is 5.92 Å². The lowest BCUT2D eigenvalue weighted by Crippen LogP contribution is -2.41. The van der Waals surface area contributed by atoms with Crippen molar-refractivity contribution in [1.29, 1.82) is 0 Å². The first-order valence-corrected chi connectivity index (χ1v) is 8.11. The maximum Gasteiger partial charge on any atom is 0.254 e. The van der Waals surface area contributed by atoms with Crippen LogP contribution in [0.1, 0.15) is 55.5 Å². The van der Waals surface area contributed by atoms with Crippen LogP contribution in [0.25, 0.3) is 0 Å². The molecular weight excluding hydrogens is 270 g/mol. The fraction of sp³-hybridized carbons (Fsp3) is 0.588. The van der Waals surface area contributed by atoms with Crippen molar-refractivity contribution in [3.8, 4) is 0 Å². The molecule has 20 heavy (non-hydrogen) atoms. The molecule has 1 aliphatic carbocycles. The van der Waals surface area contributed by atoms with Crippen LogP contribution in [0.4, 0.5) is 0 Å². The lowest BCUT2D eigenvalue weighted by Gasteiger charge is -2.31. The van der Waals surface area contributed by atoms with Crippen molar-refractivity contribution in [2.45, 2.75) is 51.5 Å². The van der Waals surface area contributed by atoms with Gasteiger partial charge in [0.05, 0.1) is 0 Å². The van der Waals surface area contributed by atoms with Gasteiger partial charge in [-0.1, -0.05) is 38.8 Å². The van der Waals surface area contributed by atoms with Gasteiger partial charge in [-0.3, -0.25) is 4.79 Å². The predicted octanol–water partition coefficient (Wildman–Crippen LogP) is 4.47. The monoisotopic (exact) mass is 293 g/mol. The first kappa shape index (κ1) is 15.4. The van der Waals surface area contributed by atoms with E-state index < -0.39 is 0 Å². The molecule has 0 spiro atoms. The molecule has 1 aromatic rings. The van der Waals surface area contributed by atoms with Crippen molar-refractivity contribution < 1.29 is 4.79 Å². The third-order valence-electron chi connectivity index (χ3n) is 3.92. The first-order chi connectivity index (χ1) is 9.61. The van der Waals surface area contributed by atoms with Gasteiger partial charge in [-0.05, 0) is 36.5 Å². The van der Waals surface area contributed by atoms with Crippen LogP contribution in [0, 0.1) is 5.92 Å². The summed E-state index contributed by atoms with van der Waals surface area (Å²) in [6, 6.07) is 8.14. The molecule has 1 aromatic carbocycles. The van der Waals surface area contributed by atoms with Gasteiger partial charge in [0.15, 0.2) is 0 Å². The summed E-state index contributed by atoms with van der Waals surface area (Å²) >= 11 is 5.87. The molecule has 0 bridgehead atoms. The number of hydrogen-bond acceptors (Lipinski definition) is 1. The van der Waals surface area contributed by atoms with Gasteiger partial charge in [-0.25, -0.2) is 0 Å². The summed E-state index contributed by atoms with van der Waals surface area (Å²) in [5.74, 6) is 1.11. The van der Waals surface area contributed by atoms with E-state index in [0.717, 1.165) is 30.5 Å². The third kappa shape index (κ3) is 3.76. The fourth-order valence-electron chi connectivity index (χ4n) is 2.96. The molecule has 110 valence electrons. The van der Waals surface area contributed by atoms with Crippen molar-refractivity contribution >= 4 is 17.5 Å². The zero-order valence-corrected chi connectivity index (χ0v) is 13.2. The maximum atomic E-state index is 12.8. The molecular formula is C17H24ClNO. The van der Waals surface area contributed by atoms with Crippen LogP contribution in [-0.4, -0.2) is 23.4 Å². The highest BCUT2D eigenvalue weighted by Crippen LogP contribution is 2.26. The molecule has 2 rings (SSSR count). The summed E-state index contributed by atoms with van der Waals surface area (Å²) in [4.78, 5) is 14.9. The van der Waals surface area contributed by atoms with E-state index in [-0.39, 0.29) is 5.91 Å². The number of rotatable bonds is 5. The van der Waals surface area contributed by atoms with Crippen molar-refractivity contribution in [2.75, 3.05) is 6.54 Å². The topological polar surface area (TPSA) is 20.3 Å². The SMILES string of the molecule is CC(C)CN(C(=O)c1cccc(CCl)c1)C1CCCC1. The Kier molecular flexibility index (Phi) is 5.47. The number of hydrogen-bond donors (Lipinski definition) is 0. The number of carbonyl (C=O) groups excluding carboxylic acids is 1. The minimum atomic E-state index is 0.164. The number of carbonyl (C=O) groups is 1. The second-order valence-corrected chi connectivity index (χ2v) is 6.39.